The lowest BCUT2D eigenvalue weighted by Gasteiger charge is -2.35. The second-order valence-corrected chi connectivity index (χ2v) is 5.89. The third-order valence-electron chi connectivity index (χ3n) is 3.91. The van der Waals surface area contributed by atoms with E-state index in [1.165, 1.54) is 0 Å². The van der Waals surface area contributed by atoms with Gasteiger partial charge in [0.1, 0.15) is 0 Å². The highest BCUT2D eigenvalue weighted by atomic mass is 16.5. The van der Waals surface area contributed by atoms with Crippen LogP contribution >= 0.6 is 0 Å². The van der Waals surface area contributed by atoms with Crippen LogP contribution in [0.25, 0.3) is 0 Å². The number of carbonyl (C=O) groups is 1. The monoisotopic (exact) mass is 331 g/mol. The zero-order valence-corrected chi connectivity index (χ0v) is 14.1. The number of morpholine rings is 1. The van der Waals surface area contributed by atoms with Gasteiger partial charge in [-0.2, -0.15) is 0 Å². The molecular formula is C17H21N3O4. The van der Waals surface area contributed by atoms with Crippen LogP contribution in [0.3, 0.4) is 0 Å². The number of nitrogens with zero attached hydrogens (tertiary/aromatic N) is 3. The van der Waals surface area contributed by atoms with Crippen molar-refractivity contribution in [1.29, 1.82) is 0 Å². The number of methoxy groups -OCH3 is 1. The summed E-state index contributed by atoms with van der Waals surface area (Å²) in [5, 5.41) is 7.85. The smallest absolute Gasteiger partial charge is 0.254 e. The highest BCUT2D eigenvalue weighted by Gasteiger charge is 2.33. The Labute approximate surface area is 140 Å². The van der Waals surface area contributed by atoms with Gasteiger partial charge < -0.3 is 18.8 Å². The van der Waals surface area contributed by atoms with Crippen molar-refractivity contribution in [3.05, 3.63) is 47.2 Å². The molecule has 1 fully saturated rings. The van der Waals surface area contributed by atoms with Crippen LogP contribution < -0.4 is 0 Å². The molecule has 1 aliphatic heterocycles. The first-order chi connectivity index (χ1) is 11.6. The molecule has 7 heteroatoms. The average Bonchev–Trinajstić information content (AvgIpc) is 3.01. The fourth-order valence-electron chi connectivity index (χ4n) is 2.88. The Morgan fingerprint density at radius 2 is 2.12 bits per heavy atom. The first kappa shape index (κ1) is 16.6. The minimum Gasteiger partial charge on any atom is -0.423 e. The molecule has 0 N–H and O–H groups in total. The van der Waals surface area contributed by atoms with E-state index in [0.29, 0.717) is 37.0 Å². The fourth-order valence-corrected chi connectivity index (χ4v) is 2.88. The summed E-state index contributed by atoms with van der Waals surface area (Å²) in [5.41, 5.74) is 1.52. The van der Waals surface area contributed by atoms with E-state index in [9.17, 15) is 4.79 Å². The van der Waals surface area contributed by atoms with Gasteiger partial charge in [0.2, 0.25) is 11.8 Å². The predicted octanol–water partition coefficient (Wildman–Crippen LogP) is 2.13. The molecule has 128 valence electrons. The molecule has 1 saturated heterocycles. The molecule has 1 aromatic carbocycles. The van der Waals surface area contributed by atoms with E-state index in [0.717, 1.165) is 5.56 Å². The summed E-state index contributed by atoms with van der Waals surface area (Å²) in [6, 6.07) is 7.48. The average molecular weight is 331 g/mol. The molecular weight excluding hydrogens is 310 g/mol. The lowest BCUT2D eigenvalue weighted by atomic mass is 10.1. The van der Waals surface area contributed by atoms with Gasteiger partial charge in [0.15, 0.2) is 6.10 Å². The third kappa shape index (κ3) is 3.47. The van der Waals surface area contributed by atoms with Crippen LogP contribution in [-0.2, 0) is 16.1 Å². The quantitative estimate of drug-likeness (QED) is 0.854. The largest absolute Gasteiger partial charge is 0.423 e. The van der Waals surface area contributed by atoms with Gasteiger partial charge in [0.05, 0.1) is 19.3 Å². The molecule has 0 aliphatic carbocycles. The van der Waals surface area contributed by atoms with E-state index in [-0.39, 0.29) is 12.0 Å². The van der Waals surface area contributed by atoms with E-state index in [2.05, 4.69) is 10.2 Å². The van der Waals surface area contributed by atoms with Crippen molar-refractivity contribution < 1.29 is 18.7 Å². The number of carbonyl (C=O) groups excluding carboxylic acids is 1. The first-order valence-electron chi connectivity index (χ1n) is 7.90. The molecule has 0 saturated carbocycles. The minimum atomic E-state index is -0.409. The van der Waals surface area contributed by atoms with Crippen molar-refractivity contribution in [1.82, 2.24) is 15.1 Å². The Kier molecular flexibility index (Phi) is 4.92. The summed E-state index contributed by atoms with van der Waals surface area (Å²) < 4.78 is 16.5. The molecule has 2 atom stereocenters. The van der Waals surface area contributed by atoms with Crippen LogP contribution in [0.2, 0.25) is 0 Å². The predicted molar refractivity (Wildman–Crippen MR) is 85.4 cm³/mol. The van der Waals surface area contributed by atoms with Crippen molar-refractivity contribution in [2.45, 2.75) is 32.7 Å². The number of hydrogen-bond donors (Lipinski definition) is 0. The summed E-state index contributed by atoms with van der Waals surface area (Å²) in [6.07, 6.45) is -0.525. The van der Waals surface area contributed by atoms with Gasteiger partial charge in [-0.15, -0.1) is 10.2 Å². The van der Waals surface area contributed by atoms with E-state index in [1.807, 2.05) is 31.2 Å². The number of amides is 1. The molecule has 2 aromatic rings. The molecule has 1 amide bonds. The highest BCUT2D eigenvalue weighted by Crippen LogP contribution is 2.26. The molecule has 7 nitrogen and oxygen atoms in total. The molecule has 0 spiro atoms. The molecule has 2 heterocycles. The number of hydrogen-bond acceptors (Lipinski definition) is 6. The molecule has 1 aliphatic rings. The summed E-state index contributed by atoms with van der Waals surface area (Å²) in [6.45, 7) is 4.95. The second-order valence-electron chi connectivity index (χ2n) is 5.89. The lowest BCUT2D eigenvalue weighted by molar-refractivity contribution is -0.0797. The Hall–Kier alpha value is -2.25. The van der Waals surface area contributed by atoms with Crippen molar-refractivity contribution in [3.63, 3.8) is 0 Å². The van der Waals surface area contributed by atoms with Gasteiger partial charge in [-0.05, 0) is 18.6 Å². The maximum absolute atomic E-state index is 13.0. The maximum atomic E-state index is 13.0. The van der Waals surface area contributed by atoms with Crippen molar-refractivity contribution in [3.8, 4) is 0 Å². The van der Waals surface area contributed by atoms with Crippen molar-refractivity contribution in [2.24, 2.45) is 0 Å². The maximum Gasteiger partial charge on any atom is 0.254 e. The van der Waals surface area contributed by atoms with Gasteiger partial charge in [-0.25, -0.2) is 0 Å². The minimum absolute atomic E-state index is 0.0426. The third-order valence-corrected chi connectivity index (χ3v) is 3.91. The number of benzene rings is 1. The van der Waals surface area contributed by atoms with Crippen molar-refractivity contribution in [2.75, 3.05) is 20.2 Å². The Morgan fingerprint density at radius 3 is 2.83 bits per heavy atom. The Morgan fingerprint density at radius 1 is 1.33 bits per heavy atom. The van der Waals surface area contributed by atoms with Gasteiger partial charge >= 0.3 is 0 Å². The van der Waals surface area contributed by atoms with E-state index in [4.69, 9.17) is 13.9 Å². The van der Waals surface area contributed by atoms with Crippen LogP contribution in [0.1, 0.15) is 40.7 Å². The molecule has 1 aromatic heterocycles. The highest BCUT2D eigenvalue weighted by molar-refractivity contribution is 5.95. The van der Waals surface area contributed by atoms with Crippen LogP contribution in [0.5, 0.6) is 0 Å². The molecule has 24 heavy (non-hydrogen) atoms. The fraction of sp³-hybridized carbons (Fsp3) is 0.471. The van der Waals surface area contributed by atoms with Gasteiger partial charge in [-0.1, -0.05) is 18.2 Å². The molecule has 3 rings (SSSR count). The first-order valence-corrected chi connectivity index (χ1v) is 7.90. The van der Waals surface area contributed by atoms with Crippen LogP contribution in [0.15, 0.2) is 28.7 Å². The Bertz CT molecular complexity index is 715. The summed E-state index contributed by atoms with van der Waals surface area (Å²) in [5.74, 6) is 0.844. The second kappa shape index (κ2) is 7.11. The molecule has 0 unspecified atom stereocenters. The zero-order chi connectivity index (χ0) is 17.1. The van der Waals surface area contributed by atoms with Crippen LogP contribution in [-0.4, -0.2) is 47.3 Å². The summed E-state index contributed by atoms with van der Waals surface area (Å²) in [7, 11) is 1.62. The number of aryl methyl sites for hydroxylation is 1. The van der Waals surface area contributed by atoms with E-state index < -0.39 is 6.10 Å². The van der Waals surface area contributed by atoms with Crippen molar-refractivity contribution >= 4 is 5.91 Å². The Balaban J connectivity index is 1.81. The number of aromatic nitrogens is 2. The van der Waals surface area contributed by atoms with Crippen LogP contribution in [0.4, 0.5) is 0 Å². The normalized spacial score (nSPS) is 21.0. The zero-order valence-electron chi connectivity index (χ0n) is 14.1. The SMILES string of the molecule is COCc1ccccc1C(=O)N1C[C@@H](C)O[C@@H](c2nnc(C)o2)C1. The van der Waals surface area contributed by atoms with E-state index in [1.54, 1.807) is 18.9 Å². The lowest BCUT2D eigenvalue weighted by Crippen LogP contribution is -2.46. The van der Waals surface area contributed by atoms with Gasteiger partial charge in [0, 0.05) is 26.1 Å². The van der Waals surface area contributed by atoms with Crippen LogP contribution in [0, 0.1) is 6.92 Å². The number of rotatable bonds is 4. The molecule has 0 radical (unpaired) electrons. The standard InChI is InChI=1S/C17H21N3O4/c1-11-8-20(9-15(23-11)16-19-18-12(2)24-16)17(21)14-7-5-4-6-13(14)10-22-3/h4-7,11,15H,8-10H2,1-3H3/t11-,15-/m1/s1. The summed E-state index contributed by atoms with van der Waals surface area (Å²) in [4.78, 5) is 14.7. The number of ether oxygens (including phenoxy) is 2. The summed E-state index contributed by atoms with van der Waals surface area (Å²) >= 11 is 0. The van der Waals surface area contributed by atoms with Gasteiger partial charge in [0.25, 0.3) is 5.91 Å². The van der Waals surface area contributed by atoms with E-state index >= 15 is 0 Å². The van der Waals surface area contributed by atoms with Gasteiger partial charge in [-0.3, -0.25) is 4.79 Å². The topological polar surface area (TPSA) is 77.7 Å². The molecule has 0 bridgehead atoms.